The van der Waals surface area contributed by atoms with Crippen molar-refractivity contribution in [2.24, 2.45) is 5.84 Å². The zero-order valence-corrected chi connectivity index (χ0v) is 12.0. The number of para-hydroxylation sites is 1. The molecule has 0 saturated carbocycles. The summed E-state index contributed by atoms with van der Waals surface area (Å²) < 4.78 is 0. The molecule has 22 heavy (non-hydrogen) atoms. The van der Waals surface area contributed by atoms with Gasteiger partial charge in [0.25, 0.3) is 5.91 Å². The monoisotopic (exact) mass is 293 g/mol. The molecule has 0 aromatic heterocycles. The standard InChI is InChI=1S/C17H15N3O2/c1-16-12-9-5-6-10-13(12)20(18)17(16,19-15(22)14(16)21)11-7-3-2-4-8-11/h2-10H,18H2,1H3,(H,19,22)/t16-,17+/m1/s1. The molecule has 1 amide bonds. The number of fused-ring (bicyclic) bond motifs is 3. The zero-order valence-electron chi connectivity index (χ0n) is 12.0. The van der Waals surface area contributed by atoms with Crippen LogP contribution >= 0.6 is 0 Å². The van der Waals surface area contributed by atoms with E-state index in [9.17, 15) is 9.59 Å². The number of benzene rings is 2. The van der Waals surface area contributed by atoms with Gasteiger partial charge >= 0.3 is 0 Å². The molecule has 3 N–H and O–H groups in total. The first-order valence-electron chi connectivity index (χ1n) is 7.10. The van der Waals surface area contributed by atoms with Gasteiger partial charge in [-0.3, -0.25) is 14.6 Å². The first-order chi connectivity index (χ1) is 10.5. The Labute approximate surface area is 127 Å². The molecular formula is C17H15N3O2. The van der Waals surface area contributed by atoms with Crippen LogP contribution in [0.2, 0.25) is 0 Å². The minimum Gasteiger partial charge on any atom is -0.320 e. The molecule has 0 bridgehead atoms. The van der Waals surface area contributed by atoms with Gasteiger partial charge in [-0.25, -0.2) is 5.84 Å². The number of carbonyl (C=O) groups excluding carboxylic acids is 2. The zero-order chi connectivity index (χ0) is 15.5. The summed E-state index contributed by atoms with van der Waals surface area (Å²) in [6.45, 7) is 1.78. The number of rotatable bonds is 1. The van der Waals surface area contributed by atoms with E-state index in [4.69, 9.17) is 5.84 Å². The third-order valence-corrected chi connectivity index (χ3v) is 4.93. The highest BCUT2D eigenvalue weighted by Crippen LogP contribution is 2.56. The van der Waals surface area contributed by atoms with Crippen LogP contribution in [0.3, 0.4) is 0 Å². The van der Waals surface area contributed by atoms with Gasteiger partial charge in [-0.2, -0.15) is 0 Å². The first kappa shape index (κ1) is 13.0. The van der Waals surface area contributed by atoms with Crippen LogP contribution in [0.4, 0.5) is 5.69 Å². The van der Waals surface area contributed by atoms with Gasteiger partial charge < -0.3 is 5.32 Å². The van der Waals surface area contributed by atoms with Crippen LogP contribution in [0.5, 0.6) is 0 Å². The molecule has 1 fully saturated rings. The van der Waals surface area contributed by atoms with Crippen LogP contribution in [-0.4, -0.2) is 11.7 Å². The molecule has 1 saturated heterocycles. The number of nitrogens with one attached hydrogen (secondary N) is 1. The average Bonchev–Trinajstić information content (AvgIpc) is 2.89. The van der Waals surface area contributed by atoms with Crippen LogP contribution in [0.15, 0.2) is 54.6 Å². The van der Waals surface area contributed by atoms with Gasteiger partial charge in [0.05, 0.1) is 5.69 Å². The molecule has 2 aromatic rings. The molecule has 2 aliphatic rings. The van der Waals surface area contributed by atoms with E-state index in [-0.39, 0.29) is 0 Å². The number of anilines is 1. The van der Waals surface area contributed by atoms with Crippen LogP contribution in [0.25, 0.3) is 0 Å². The highest BCUT2D eigenvalue weighted by atomic mass is 16.2. The second-order valence-electron chi connectivity index (χ2n) is 5.87. The van der Waals surface area contributed by atoms with Gasteiger partial charge in [0.15, 0.2) is 5.66 Å². The Morgan fingerprint density at radius 2 is 1.64 bits per heavy atom. The number of nitrogens with two attached hydrogens (primary N) is 1. The van der Waals surface area contributed by atoms with Gasteiger partial charge in [0.2, 0.25) is 5.78 Å². The van der Waals surface area contributed by atoms with Crippen LogP contribution in [-0.2, 0) is 20.7 Å². The summed E-state index contributed by atoms with van der Waals surface area (Å²) in [5.41, 5.74) is 0.158. The smallest absolute Gasteiger partial charge is 0.290 e. The van der Waals surface area contributed by atoms with E-state index < -0.39 is 22.8 Å². The lowest BCUT2D eigenvalue weighted by Gasteiger charge is -2.41. The molecule has 5 nitrogen and oxygen atoms in total. The molecule has 2 atom stereocenters. The maximum absolute atomic E-state index is 12.7. The highest BCUT2D eigenvalue weighted by molar-refractivity contribution is 6.43. The Morgan fingerprint density at radius 3 is 2.36 bits per heavy atom. The largest absolute Gasteiger partial charge is 0.320 e. The summed E-state index contributed by atoms with van der Waals surface area (Å²) >= 11 is 0. The highest BCUT2D eigenvalue weighted by Gasteiger charge is 2.70. The minimum absolute atomic E-state index is 0.461. The number of ketones is 1. The van der Waals surface area contributed by atoms with Crippen LogP contribution in [0.1, 0.15) is 18.1 Å². The molecule has 2 aliphatic heterocycles. The lowest BCUT2D eigenvalue weighted by molar-refractivity contribution is -0.137. The Hall–Kier alpha value is -2.66. The van der Waals surface area contributed by atoms with Gasteiger partial charge in [-0.1, -0.05) is 48.5 Å². The number of hydrogen-bond donors (Lipinski definition) is 2. The SMILES string of the molecule is C[C@@]12C(=O)C(=O)N[C@@]1(c1ccccc1)N(N)c1ccccc12. The van der Waals surface area contributed by atoms with E-state index in [0.29, 0.717) is 0 Å². The van der Waals surface area contributed by atoms with Gasteiger partial charge in [-0.05, 0) is 18.6 Å². The number of Topliss-reactive ketones (excluding diaryl/α,β-unsaturated/α-hetero) is 1. The quantitative estimate of drug-likeness (QED) is 0.612. The van der Waals surface area contributed by atoms with E-state index in [1.54, 1.807) is 6.92 Å². The second-order valence-corrected chi connectivity index (χ2v) is 5.87. The van der Waals surface area contributed by atoms with Gasteiger partial charge in [0, 0.05) is 5.56 Å². The summed E-state index contributed by atoms with van der Waals surface area (Å²) in [6, 6.07) is 16.8. The summed E-state index contributed by atoms with van der Waals surface area (Å²) in [5.74, 6) is 5.31. The summed E-state index contributed by atoms with van der Waals surface area (Å²) in [7, 11) is 0. The number of nitrogens with zero attached hydrogens (tertiary/aromatic N) is 1. The maximum atomic E-state index is 12.7. The lowest BCUT2D eigenvalue weighted by Crippen LogP contribution is -2.62. The van der Waals surface area contributed by atoms with Gasteiger partial charge in [-0.15, -0.1) is 0 Å². The van der Waals surface area contributed by atoms with Crippen molar-refractivity contribution < 1.29 is 9.59 Å². The van der Waals surface area contributed by atoms with Crippen molar-refractivity contribution in [3.05, 3.63) is 65.7 Å². The molecule has 4 rings (SSSR count). The van der Waals surface area contributed by atoms with Crippen molar-refractivity contribution in [1.82, 2.24) is 5.32 Å². The maximum Gasteiger partial charge on any atom is 0.290 e. The molecule has 5 heteroatoms. The number of hydrogen-bond acceptors (Lipinski definition) is 4. The van der Waals surface area contributed by atoms with E-state index in [1.807, 2.05) is 54.6 Å². The minimum atomic E-state index is -1.09. The molecule has 0 unspecified atom stereocenters. The number of amides is 1. The number of carbonyl (C=O) groups is 2. The van der Waals surface area contributed by atoms with Crippen LogP contribution < -0.4 is 16.2 Å². The fourth-order valence-corrected chi connectivity index (χ4v) is 3.82. The van der Waals surface area contributed by atoms with E-state index >= 15 is 0 Å². The Morgan fingerprint density at radius 1 is 1.00 bits per heavy atom. The third-order valence-electron chi connectivity index (χ3n) is 4.93. The van der Waals surface area contributed by atoms with E-state index in [0.717, 1.165) is 16.8 Å². The van der Waals surface area contributed by atoms with Crippen molar-refractivity contribution in [1.29, 1.82) is 0 Å². The van der Waals surface area contributed by atoms with Crippen molar-refractivity contribution in [3.63, 3.8) is 0 Å². The predicted molar refractivity (Wildman–Crippen MR) is 81.7 cm³/mol. The second kappa shape index (κ2) is 3.96. The van der Waals surface area contributed by atoms with Crippen molar-refractivity contribution in [2.75, 3.05) is 5.01 Å². The van der Waals surface area contributed by atoms with Gasteiger partial charge in [0.1, 0.15) is 5.41 Å². The third kappa shape index (κ3) is 1.19. The topological polar surface area (TPSA) is 75.4 Å². The predicted octanol–water partition coefficient (Wildman–Crippen LogP) is 1.19. The first-order valence-corrected chi connectivity index (χ1v) is 7.10. The lowest BCUT2D eigenvalue weighted by atomic mass is 9.71. The van der Waals surface area contributed by atoms with E-state index in [1.165, 1.54) is 5.01 Å². The molecule has 2 aromatic carbocycles. The summed E-state index contributed by atoms with van der Waals surface area (Å²) in [4.78, 5) is 24.9. The van der Waals surface area contributed by atoms with Crippen molar-refractivity contribution in [2.45, 2.75) is 18.0 Å². The van der Waals surface area contributed by atoms with Crippen LogP contribution in [0, 0.1) is 0 Å². The fourth-order valence-electron chi connectivity index (χ4n) is 3.82. The Bertz CT molecular complexity index is 805. The molecule has 110 valence electrons. The average molecular weight is 293 g/mol. The molecular weight excluding hydrogens is 278 g/mol. The fraction of sp³-hybridized carbons (Fsp3) is 0.176. The number of hydrazine groups is 1. The Balaban J connectivity index is 2.09. The Kier molecular flexibility index (Phi) is 2.34. The summed E-state index contributed by atoms with van der Waals surface area (Å²) in [5, 5.41) is 4.36. The molecule has 0 aliphatic carbocycles. The molecule has 2 heterocycles. The van der Waals surface area contributed by atoms with Crippen molar-refractivity contribution in [3.8, 4) is 0 Å². The molecule has 0 spiro atoms. The molecule has 0 radical (unpaired) electrons. The summed E-state index contributed by atoms with van der Waals surface area (Å²) in [6.07, 6.45) is 0. The van der Waals surface area contributed by atoms with E-state index in [2.05, 4.69) is 5.32 Å². The normalized spacial score (nSPS) is 29.3. The van der Waals surface area contributed by atoms with Crippen molar-refractivity contribution >= 4 is 17.4 Å².